The number of hydrogen-bond donors (Lipinski definition) is 0. The molecule has 0 bridgehead atoms. The Bertz CT molecular complexity index is 793. The Morgan fingerprint density at radius 3 is 2.75 bits per heavy atom. The molecule has 4 heteroatoms. The number of alkyl halides is 1. The van der Waals surface area contributed by atoms with Crippen LogP contribution < -0.4 is 0 Å². The van der Waals surface area contributed by atoms with Gasteiger partial charge in [0, 0.05) is 4.47 Å². The van der Waals surface area contributed by atoms with E-state index in [9.17, 15) is 0 Å². The summed E-state index contributed by atoms with van der Waals surface area (Å²) >= 11 is 9.68. The van der Waals surface area contributed by atoms with E-state index < -0.39 is 0 Å². The molecule has 102 valence electrons. The fourth-order valence-electron chi connectivity index (χ4n) is 2.44. The van der Waals surface area contributed by atoms with Crippen molar-refractivity contribution in [1.29, 1.82) is 0 Å². The van der Waals surface area contributed by atoms with Crippen molar-refractivity contribution in [2.45, 2.75) is 19.7 Å². The van der Waals surface area contributed by atoms with Gasteiger partial charge >= 0.3 is 0 Å². The summed E-state index contributed by atoms with van der Waals surface area (Å²) in [6.45, 7) is 4.17. The first-order chi connectivity index (χ1) is 9.61. The zero-order valence-corrected chi connectivity index (χ0v) is 13.7. The van der Waals surface area contributed by atoms with E-state index in [4.69, 9.17) is 11.6 Å². The van der Waals surface area contributed by atoms with E-state index in [-0.39, 0.29) is 0 Å². The van der Waals surface area contributed by atoms with E-state index in [1.807, 2.05) is 12.1 Å². The Labute approximate surface area is 131 Å². The van der Waals surface area contributed by atoms with Crippen molar-refractivity contribution in [3.63, 3.8) is 0 Å². The van der Waals surface area contributed by atoms with Crippen LogP contribution in [0.3, 0.4) is 0 Å². The monoisotopic (exact) mass is 348 g/mol. The van der Waals surface area contributed by atoms with Crippen molar-refractivity contribution in [3.05, 3.63) is 57.8 Å². The van der Waals surface area contributed by atoms with E-state index in [1.165, 1.54) is 11.1 Å². The highest BCUT2D eigenvalue weighted by Gasteiger charge is 2.14. The predicted octanol–water partition coefficient (Wildman–Crippen LogP) is 5.14. The topological polar surface area (TPSA) is 17.8 Å². The minimum atomic E-state index is 0.389. The number of aryl methyl sites for hydroxylation is 1. The highest BCUT2D eigenvalue weighted by atomic mass is 79.9. The van der Waals surface area contributed by atoms with Gasteiger partial charge in [0.15, 0.2) is 0 Å². The van der Waals surface area contributed by atoms with E-state index in [0.29, 0.717) is 5.88 Å². The first-order valence-corrected chi connectivity index (χ1v) is 7.74. The van der Waals surface area contributed by atoms with Gasteiger partial charge < -0.3 is 0 Å². The van der Waals surface area contributed by atoms with Gasteiger partial charge in [0.1, 0.15) is 5.82 Å². The lowest BCUT2D eigenvalue weighted by atomic mass is 10.2. The van der Waals surface area contributed by atoms with Crippen molar-refractivity contribution in [2.24, 2.45) is 0 Å². The second-order valence-corrected chi connectivity index (χ2v) is 5.99. The van der Waals surface area contributed by atoms with E-state index in [1.54, 1.807) is 0 Å². The lowest BCUT2D eigenvalue weighted by Gasteiger charge is -2.12. The largest absolute Gasteiger partial charge is 0.295 e. The zero-order valence-electron chi connectivity index (χ0n) is 11.3. The van der Waals surface area contributed by atoms with Crippen molar-refractivity contribution in [1.82, 2.24) is 9.55 Å². The molecule has 0 aliphatic carbocycles. The molecule has 0 aliphatic heterocycles. The summed E-state index contributed by atoms with van der Waals surface area (Å²) in [5.41, 5.74) is 5.57. The minimum absolute atomic E-state index is 0.389. The number of benzene rings is 2. The van der Waals surface area contributed by atoms with Gasteiger partial charge in [-0.25, -0.2) is 4.98 Å². The van der Waals surface area contributed by atoms with E-state index in [0.717, 1.165) is 27.0 Å². The van der Waals surface area contributed by atoms with Crippen LogP contribution in [0.1, 0.15) is 17.0 Å². The summed E-state index contributed by atoms with van der Waals surface area (Å²) < 4.78 is 3.23. The van der Waals surface area contributed by atoms with Crippen LogP contribution in [-0.2, 0) is 5.88 Å². The Hall–Kier alpha value is -1.32. The van der Waals surface area contributed by atoms with Gasteiger partial charge in [0.2, 0.25) is 0 Å². The second-order valence-electron chi connectivity index (χ2n) is 4.87. The Morgan fingerprint density at radius 1 is 1.20 bits per heavy atom. The first kappa shape index (κ1) is 13.7. The molecule has 0 atom stereocenters. The molecular formula is C16H14BrClN2. The van der Waals surface area contributed by atoms with Gasteiger partial charge in [-0.1, -0.05) is 28.1 Å². The van der Waals surface area contributed by atoms with Crippen molar-refractivity contribution >= 4 is 38.6 Å². The number of nitrogens with zero attached hydrogens (tertiary/aromatic N) is 2. The molecule has 1 aromatic heterocycles. The molecular weight excluding hydrogens is 336 g/mol. The molecule has 0 amide bonds. The number of rotatable bonds is 2. The van der Waals surface area contributed by atoms with Gasteiger partial charge in [-0.05, 0) is 49.2 Å². The second kappa shape index (κ2) is 5.23. The van der Waals surface area contributed by atoms with Crippen LogP contribution in [0.5, 0.6) is 0 Å². The maximum atomic E-state index is 6.09. The van der Waals surface area contributed by atoms with Gasteiger partial charge in [-0.3, -0.25) is 4.57 Å². The highest BCUT2D eigenvalue weighted by molar-refractivity contribution is 9.10. The molecule has 0 radical (unpaired) electrons. The van der Waals surface area contributed by atoms with E-state index >= 15 is 0 Å². The van der Waals surface area contributed by atoms with Crippen LogP contribution >= 0.6 is 27.5 Å². The molecule has 0 spiro atoms. The maximum Gasteiger partial charge on any atom is 0.129 e. The molecule has 3 rings (SSSR count). The van der Waals surface area contributed by atoms with Crippen molar-refractivity contribution in [3.8, 4) is 5.69 Å². The predicted molar refractivity (Wildman–Crippen MR) is 87.8 cm³/mol. The molecule has 0 N–H and O–H groups in total. The van der Waals surface area contributed by atoms with Crippen LogP contribution in [0.2, 0.25) is 0 Å². The summed E-state index contributed by atoms with van der Waals surface area (Å²) in [6, 6.07) is 12.5. The molecule has 0 aliphatic rings. The number of hydrogen-bond acceptors (Lipinski definition) is 1. The molecule has 2 nitrogen and oxygen atoms in total. The maximum absolute atomic E-state index is 6.09. The molecule has 3 aromatic rings. The summed E-state index contributed by atoms with van der Waals surface area (Å²) in [5, 5.41) is 0. The first-order valence-electron chi connectivity index (χ1n) is 6.41. The van der Waals surface area contributed by atoms with Crippen molar-refractivity contribution in [2.75, 3.05) is 0 Å². The third-order valence-corrected chi connectivity index (χ3v) is 4.58. The fraction of sp³-hybridized carbons (Fsp3) is 0.188. The van der Waals surface area contributed by atoms with Gasteiger partial charge in [-0.2, -0.15) is 0 Å². The number of imidazole rings is 1. The zero-order chi connectivity index (χ0) is 14.3. The average Bonchev–Trinajstić information content (AvgIpc) is 2.79. The lowest BCUT2D eigenvalue weighted by Crippen LogP contribution is -2.01. The minimum Gasteiger partial charge on any atom is -0.295 e. The number of halogens is 2. The normalized spacial score (nSPS) is 11.2. The van der Waals surface area contributed by atoms with Gasteiger partial charge in [0.05, 0.1) is 22.6 Å². The smallest absolute Gasteiger partial charge is 0.129 e. The van der Waals surface area contributed by atoms with Crippen LogP contribution in [0.4, 0.5) is 0 Å². The standard InChI is InChI=1S/C16H14BrClN2/c1-10-6-7-15-13(8-10)19-16(9-18)20(15)14-5-3-4-12(17)11(14)2/h3-8H,9H2,1-2H3. The molecule has 0 saturated carbocycles. The summed E-state index contributed by atoms with van der Waals surface area (Å²) in [5.74, 6) is 1.26. The SMILES string of the molecule is Cc1ccc2c(c1)nc(CCl)n2-c1cccc(Br)c1C. The average molecular weight is 350 g/mol. The molecule has 0 fully saturated rings. The van der Waals surface area contributed by atoms with Crippen LogP contribution in [0.25, 0.3) is 16.7 Å². The van der Waals surface area contributed by atoms with Crippen molar-refractivity contribution < 1.29 is 0 Å². The van der Waals surface area contributed by atoms with Gasteiger partial charge in [0.25, 0.3) is 0 Å². The van der Waals surface area contributed by atoms with Crippen LogP contribution in [0, 0.1) is 13.8 Å². The Balaban J connectivity index is 2.37. The Kier molecular flexibility index (Phi) is 3.57. The molecule has 0 saturated heterocycles. The Morgan fingerprint density at radius 2 is 2.00 bits per heavy atom. The van der Waals surface area contributed by atoms with Gasteiger partial charge in [-0.15, -0.1) is 11.6 Å². The van der Waals surface area contributed by atoms with Crippen LogP contribution in [0.15, 0.2) is 40.9 Å². The molecule has 1 heterocycles. The van der Waals surface area contributed by atoms with E-state index in [2.05, 4.69) is 63.6 Å². The lowest BCUT2D eigenvalue weighted by molar-refractivity contribution is 0.971. The molecule has 20 heavy (non-hydrogen) atoms. The number of fused-ring (bicyclic) bond motifs is 1. The third-order valence-electron chi connectivity index (χ3n) is 3.48. The summed E-state index contributed by atoms with van der Waals surface area (Å²) in [4.78, 5) is 4.65. The summed E-state index contributed by atoms with van der Waals surface area (Å²) in [7, 11) is 0. The molecule has 0 unspecified atom stereocenters. The van der Waals surface area contributed by atoms with Crippen LogP contribution in [-0.4, -0.2) is 9.55 Å². The summed E-state index contributed by atoms with van der Waals surface area (Å²) in [6.07, 6.45) is 0. The fourth-order valence-corrected chi connectivity index (χ4v) is 2.97. The number of aromatic nitrogens is 2. The third kappa shape index (κ3) is 2.15. The molecule has 2 aromatic carbocycles. The highest BCUT2D eigenvalue weighted by Crippen LogP contribution is 2.28. The quantitative estimate of drug-likeness (QED) is 0.585.